The third-order valence-electron chi connectivity index (χ3n) is 8.40. The molecule has 40 heavy (non-hydrogen) atoms. The largest absolute Gasteiger partial charge is 0.356 e. The number of likely N-dealkylation sites (tertiary alicyclic amines) is 1. The van der Waals surface area contributed by atoms with Crippen molar-refractivity contribution in [2.24, 2.45) is 5.92 Å². The van der Waals surface area contributed by atoms with Crippen LogP contribution in [0.15, 0.2) is 48.8 Å². The maximum atomic E-state index is 14.3. The number of nitrogens with zero attached hydrogens (tertiary/aromatic N) is 4. The van der Waals surface area contributed by atoms with E-state index < -0.39 is 12.2 Å². The minimum absolute atomic E-state index is 0.282. The summed E-state index contributed by atoms with van der Waals surface area (Å²) < 4.78 is 16.1. The normalized spacial score (nSPS) is 20.2. The zero-order valence-electron chi connectivity index (χ0n) is 22.7. The highest BCUT2D eigenvalue weighted by molar-refractivity contribution is 5.93. The van der Waals surface area contributed by atoms with E-state index in [2.05, 4.69) is 37.0 Å². The summed E-state index contributed by atoms with van der Waals surface area (Å²) in [7, 11) is 0. The molecule has 0 radical (unpaired) electrons. The van der Waals surface area contributed by atoms with Crippen LogP contribution >= 0.6 is 0 Å². The predicted molar refractivity (Wildman–Crippen MR) is 152 cm³/mol. The molecule has 8 heteroatoms. The van der Waals surface area contributed by atoms with Gasteiger partial charge in [0.25, 0.3) is 5.91 Å². The highest BCUT2D eigenvalue weighted by Crippen LogP contribution is 2.32. The number of fused-ring (bicyclic) bond motifs is 2. The van der Waals surface area contributed by atoms with Crippen LogP contribution in [0.3, 0.4) is 0 Å². The number of benzene rings is 1. The number of piperidine rings is 1. The molecule has 1 saturated carbocycles. The fraction of sp³-hybridized carbons (Fsp3) is 0.406. The number of rotatable bonds is 5. The molecular formula is C32H33FN6O. The molecule has 4 aromatic rings. The first-order valence-electron chi connectivity index (χ1n) is 14.3. The van der Waals surface area contributed by atoms with E-state index in [1.807, 2.05) is 47.9 Å². The van der Waals surface area contributed by atoms with Crippen LogP contribution in [0, 0.1) is 24.7 Å². The molecule has 3 aromatic heterocycles. The third kappa shape index (κ3) is 5.02. The molecule has 5 heterocycles. The van der Waals surface area contributed by atoms with Crippen LogP contribution in [0.25, 0.3) is 10.9 Å². The van der Waals surface area contributed by atoms with Gasteiger partial charge in [-0.05, 0) is 75.3 Å². The van der Waals surface area contributed by atoms with Gasteiger partial charge in [-0.3, -0.25) is 4.79 Å². The van der Waals surface area contributed by atoms with Gasteiger partial charge in [-0.2, -0.15) is 0 Å². The lowest BCUT2D eigenvalue weighted by Gasteiger charge is -2.29. The molecule has 3 aliphatic rings. The van der Waals surface area contributed by atoms with Gasteiger partial charge in [0.1, 0.15) is 17.9 Å². The molecule has 1 saturated heterocycles. The van der Waals surface area contributed by atoms with Crippen LogP contribution in [0.5, 0.6) is 0 Å². The van der Waals surface area contributed by atoms with Crippen LogP contribution in [-0.2, 0) is 13.0 Å². The first kappa shape index (κ1) is 25.0. The lowest BCUT2D eigenvalue weighted by atomic mass is 9.97. The first-order valence-corrected chi connectivity index (χ1v) is 14.3. The second-order valence-corrected chi connectivity index (χ2v) is 11.4. The Morgan fingerprint density at radius 1 is 1.15 bits per heavy atom. The second kappa shape index (κ2) is 10.2. The number of aromatic nitrogens is 4. The SMILES string of the molecule is Cc1cc(C#CC2CCN(C3CC3)CC2)cc(C(=O)NC(c2cc3ccccc3[nH]2)c2ncn3c2C[C@@H](F)C3)n1. The molecule has 2 aliphatic heterocycles. The number of halogens is 1. The number of aromatic amines is 1. The number of imidazole rings is 1. The van der Waals surface area contributed by atoms with Crippen molar-refractivity contribution in [3.05, 3.63) is 82.8 Å². The zero-order chi connectivity index (χ0) is 27.2. The topological polar surface area (TPSA) is 78.8 Å². The molecule has 1 aromatic carbocycles. The van der Waals surface area contributed by atoms with Crippen molar-refractivity contribution in [1.82, 2.24) is 29.7 Å². The number of aryl methyl sites for hydroxylation is 1. The van der Waals surface area contributed by atoms with E-state index in [1.165, 1.54) is 12.8 Å². The maximum absolute atomic E-state index is 14.3. The Morgan fingerprint density at radius 2 is 1.98 bits per heavy atom. The monoisotopic (exact) mass is 536 g/mol. The Balaban J connectivity index is 1.15. The molecule has 2 N–H and O–H groups in total. The van der Waals surface area contributed by atoms with E-state index in [-0.39, 0.29) is 18.9 Å². The van der Waals surface area contributed by atoms with Crippen molar-refractivity contribution in [3.8, 4) is 11.8 Å². The van der Waals surface area contributed by atoms with E-state index in [0.29, 0.717) is 17.3 Å². The van der Waals surface area contributed by atoms with E-state index >= 15 is 0 Å². The highest BCUT2D eigenvalue weighted by atomic mass is 19.1. The Hall–Kier alpha value is -3.96. The fourth-order valence-corrected chi connectivity index (χ4v) is 6.17. The minimum Gasteiger partial charge on any atom is -0.356 e. The minimum atomic E-state index is -0.948. The Morgan fingerprint density at radius 3 is 2.77 bits per heavy atom. The summed E-state index contributed by atoms with van der Waals surface area (Å²) in [4.78, 5) is 28.9. The van der Waals surface area contributed by atoms with Gasteiger partial charge in [0.2, 0.25) is 0 Å². The summed E-state index contributed by atoms with van der Waals surface area (Å²) in [6, 6.07) is 13.9. The molecule has 1 unspecified atom stereocenters. The molecule has 2 atom stereocenters. The van der Waals surface area contributed by atoms with Crippen LogP contribution in [0.1, 0.15) is 70.6 Å². The standard InChI is InChI=1S/C32H33FN6O/c1-20-14-22(7-6-21-10-12-38(13-11-21)25-8-9-25)15-28(35-20)32(40)37-30(27-16-23-4-2-3-5-26(23)36-27)31-29-17-24(33)18-39(29)19-34-31/h2-5,14-16,19,21,24-25,30,36H,8-13,17-18H2,1H3,(H,37,40)/t24-,30?/m1/s1. The van der Waals surface area contributed by atoms with Crippen molar-refractivity contribution in [1.29, 1.82) is 0 Å². The lowest BCUT2D eigenvalue weighted by molar-refractivity contribution is 0.0936. The number of amides is 1. The zero-order valence-corrected chi connectivity index (χ0v) is 22.7. The van der Waals surface area contributed by atoms with Gasteiger partial charge in [0.15, 0.2) is 0 Å². The third-order valence-corrected chi connectivity index (χ3v) is 8.40. The van der Waals surface area contributed by atoms with Gasteiger partial charge < -0.3 is 19.8 Å². The molecule has 1 amide bonds. The Bertz CT molecular complexity index is 1600. The number of carbonyl (C=O) groups is 1. The number of para-hydroxylation sites is 1. The summed E-state index contributed by atoms with van der Waals surface area (Å²) in [5, 5.41) is 4.19. The molecule has 0 spiro atoms. The average Bonchev–Trinajstić information content (AvgIpc) is 3.44. The number of nitrogens with one attached hydrogen (secondary N) is 2. The lowest BCUT2D eigenvalue weighted by Crippen LogP contribution is -2.34. The summed E-state index contributed by atoms with van der Waals surface area (Å²) in [5.41, 5.74) is 5.08. The van der Waals surface area contributed by atoms with Gasteiger partial charge in [-0.1, -0.05) is 30.0 Å². The van der Waals surface area contributed by atoms with Crippen molar-refractivity contribution in [2.45, 2.75) is 63.8 Å². The van der Waals surface area contributed by atoms with Crippen molar-refractivity contribution in [2.75, 3.05) is 13.1 Å². The van der Waals surface area contributed by atoms with Gasteiger partial charge in [0, 0.05) is 46.5 Å². The van der Waals surface area contributed by atoms with E-state index in [1.54, 1.807) is 12.4 Å². The molecule has 0 bridgehead atoms. The van der Waals surface area contributed by atoms with Crippen molar-refractivity contribution in [3.63, 3.8) is 0 Å². The van der Waals surface area contributed by atoms with Gasteiger partial charge in [0.05, 0.1) is 18.6 Å². The summed E-state index contributed by atoms with van der Waals surface area (Å²) >= 11 is 0. The predicted octanol–water partition coefficient (Wildman–Crippen LogP) is 4.71. The van der Waals surface area contributed by atoms with Crippen molar-refractivity contribution >= 4 is 16.8 Å². The van der Waals surface area contributed by atoms with Crippen molar-refractivity contribution < 1.29 is 9.18 Å². The van der Waals surface area contributed by atoms with Gasteiger partial charge in [-0.15, -0.1) is 0 Å². The summed E-state index contributed by atoms with van der Waals surface area (Å²) in [5.74, 6) is 6.85. The van der Waals surface area contributed by atoms with E-state index in [0.717, 1.165) is 65.5 Å². The van der Waals surface area contributed by atoms with Gasteiger partial charge in [-0.25, -0.2) is 14.4 Å². The van der Waals surface area contributed by atoms with E-state index in [9.17, 15) is 9.18 Å². The van der Waals surface area contributed by atoms with Crippen LogP contribution in [0.4, 0.5) is 4.39 Å². The fourth-order valence-electron chi connectivity index (χ4n) is 6.17. The van der Waals surface area contributed by atoms with Crippen LogP contribution < -0.4 is 5.32 Å². The van der Waals surface area contributed by atoms with Gasteiger partial charge >= 0.3 is 0 Å². The summed E-state index contributed by atoms with van der Waals surface area (Å²) in [6.45, 7) is 4.43. The molecule has 1 aliphatic carbocycles. The Labute approximate surface area is 233 Å². The number of pyridine rings is 1. The maximum Gasteiger partial charge on any atom is 0.270 e. The highest BCUT2D eigenvalue weighted by Gasteiger charge is 2.32. The van der Waals surface area contributed by atoms with E-state index in [4.69, 9.17) is 0 Å². The number of hydrogen-bond acceptors (Lipinski definition) is 4. The summed E-state index contributed by atoms with van der Waals surface area (Å²) in [6.07, 6.45) is 5.89. The second-order valence-electron chi connectivity index (χ2n) is 11.4. The quantitative estimate of drug-likeness (QED) is 0.362. The van der Waals surface area contributed by atoms with Crippen LogP contribution in [-0.4, -0.2) is 55.6 Å². The number of carbonyl (C=O) groups excluding carboxylic acids is 1. The molecule has 7 nitrogen and oxygen atoms in total. The molecular weight excluding hydrogens is 503 g/mol. The number of H-pyrrole nitrogens is 1. The molecule has 2 fully saturated rings. The smallest absolute Gasteiger partial charge is 0.270 e. The first-order chi connectivity index (χ1) is 19.5. The Kier molecular flexibility index (Phi) is 6.39. The van der Waals surface area contributed by atoms with Crippen LogP contribution in [0.2, 0.25) is 0 Å². The molecule has 7 rings (SSSR count). The number of alkyl halides is 1. The number of hydrogen-bond donors (Lipinski definition) is 2. The molecule has 204 valence electrons. The average molecular weight is 537 g/mol.